The van der Waals surface area contributed by atoms with Gasteiger partial charge in [-0.2, -0.15) is 10.4 Å². The number of pyridine rings is 1. The van der Waals surface area contributed by atoms with E-state index in [1.807, 2.05) is 25.1 Å². The Morgan fingerprint density at radius 1 is 1.40 bits per heavy atom. The number of nitriles is 1. The predicted octanol–water partition coefficient (Wildman–Crippen LogP) is 1.86. The summed E-state index contributed by atoms with van der Waals surface area (Å²) in [7, 11) is 0. The molecule has 2 aromatic rings. The number of nitrogens with zero attached hydrogens (tertiary/aromatic N) is 5. The Kier molecular flexibility index (Phi) is 3.68. The number of aromatic carboxylic acids is 1. The fourth-order valence-corrected chi connectivity index (χ4v) is 3.61. The van der Waals surface area contributed by atoms with E-state index in [-0.39, 0.29) is 12.0 Å². The minimum atomic E-state index is -1.06. The van der Waals surface area contributed by atoms with Crippen LogP contribution in [0, 0.1) is 30.1 Å². The van der Waals surface area contributed by atoms with Crippen molar-refractivity contribution in [3.05, 3.63) is 40.8 Å². The summed E-state index contributed by atoms with van der Waals surface area (Å²) >= 11 is 0. The number of anilines is 1. The quantitative estimate of drug-likeness (QED) is 0.895. The van der Waals surface area contributed by atoms with E-state index in [1.165, 1.54) is 12.6 Å². The van der Waals surface area contributed by atoms with Crippen LogP contribution >= 0.6 is 0 Å². The molecule has 2 aliphatic rings. The maximum absolute atomic E-state index is 11.3. The predicted molar refractivity (Wildman–Crippen MR) is 90.4 cm³/mol. The molecule has 0 radical (unpaired) electrons. The fourth-order valence-electron chi connectivity index (χ4n) is 3.61. The summed E-state index contributed by atoms with van der Waals surface area (Å²) in [4.78, 5) is 18.3. The lowest BCUT2D eigenvalue weighted by atomic mass is 10.2. The largest absolute Gasteiger partial charge is 0.478 e. The van der Waals surface area contributed by atoms with Crippen LogP contribution in [0.25, 0.3) is 0 Å². The maximum atomic E-state index is 11.3. The van der Waals surface area contributed by atoms with Crippen molar-refractivity contribution < 1.29 is 9.90 Å². The summed E-state index contributed by atoms with van der Waals surface area (Å²) in [5.74, 6) is 1.68. The normalized spacial score (nSPS) is 21.0. The highest BCUT2D eigenvalue weighted by Gasteiger charge is 2.45. The number of fused-ring (bicyclic) bond motifs is 1. The lowest BCUT2D eigenvalue weighted by Crippen LogP contribution is -2.23. The molecule has 0 amide bonds. The molecule has 7 nitrogen and oxygen atoms in total. The summed E-state index contributed by atoms with van der Waals surface area (Å²) in [5.41, 5.74) is 2.30. The van der Waals surface area contributed by atoms with E-state index in [4.69, 9.17) is 10.2 Å². The number of carbonyl (C=O) groups is 1. The lowest BCUT2D eigenvalue weighted by molar-refractivity contribution is 0.0696. The van der Waals surface area contributed by atoms with Crippen LogP contribution in [0.2, 0.25) is 0 Å². The van der Waals surface area contributed by atoms with Crippen LogP contribution in [0.1, 0.15) is 33.7 Å². The van der Waals surface area contributed by atoms with Gasteiger partial charge in [-0.1, -0.05) is 6.07 Å². The Hall–Kier alpha value is -2.88. The van der Waals surface area contributed by atoms with Gasteiger partial charge in [-0.25, -0.2) is 9.78 Å². The highest BCUT2D eigenvalue weighted by Crippen LogP contribution is 2.45. The molecule has 4 rings (SSSR count). The van der Waals surface area contributed by atoms with Gasteiger partial charge in [0.05, 0.1) is 24.7 Å². The van der Waals surface area contributed by atoms with Gasteiger partial charge in [0, 0.05) is 25.0 Å². The van der Waals surface area contributed by atoms with Gasteiger partial charge in [0.25, 0.3) is 0 Å². The summed E-state index contributed by atoms with van der Waals surface area (Å²) < 4.78 is 1.57. The van der Waals surface area contributed by atoms with E-state index in [9.17, 15) is 9.90 Å². The first-order valence-corrected chi connectivity index (χ1v) is 8.43. The van der Waals surface area contributed by atoms with Crippen molar-refractivity contribution in [1.82, 2.24) is 14.8 Å². The van der Waals surface area contributed by atoms with Crippen molar-refractivity contribution in [3.8, 4) is 6.07 Å². The van der Waals surface area contributed by atoms with Crippen molar-refractivity contribution in [2.45, 2.75) is 26.3 Å². The Balaban J connectivity index is 1.53. The number of aryl methyl sites for hydroxylation is 1. The summed E-state index contributed by atoms with van der Waals surface area (Å²) in [6.07, 6.45) is 2.84. The molecule has 1 saturated carbocycles. The molecule has 0 spiro atoms. The third kappa shape index (κ3) is 2.95. The first-order valence-electron chi connectivity index (χ1n) is 8.43. The molecule has 3 heterocycles. The van der Waals surface area contributed by atoms with Crippen LogP contribution in [0.15, 0.2) is 18.3 Å². The van der Waals surface area contributed by atoms with E-state index >= 15 is 0 Å². The second-order valence-electron chi connectivity index (χ2n) is 6.90. The SMILES string of the molecule is Cc1nc(N2CC3CC3C2)ccc1Cn1cc(C(=O)O)c(CC#N)n1. The molecule has 2 fully saturated rings. The fraction of sp³-hybridized carbons (Fsp3) is 0.444. The number of carboxylic acids is 1. The minimum absolute atomic E-state index is 0.0118. The van der Waals surface area contributed by atoms with Gasteiger partial charge in [0.15, 0.2) is 0 Å². The second kappa shape index (κ2) is 5.88. The van der Waals surface area contributed by atoms with Crippen molar-refractivity contribution in [2.75, 3.05) is 18.0 Å². The molecule has 1 saturated heterocycles. The molecule has 25 heavy (non-hydrogen) atoms. The van der Waals surface area contributed by atoms with E-state index in [1.54, 1.807) is 4.68 Å². The zero-order valence-corrected chi connectivity index (χ0v) is 14.0. The van der Waals surface area contributed by atoms with Gasteiger partial charge in [-0.3, -0.25) is 4.68 Å². The van der Waals surface area contributed by atoms with Crippen LogP contribution in [0.4, 0.5) is 5.82 Å². The molecule has 1 aliphatic carbocycles. The Morgan fingerprint density at radius 3 is 2.80 bits per heavy atom. The average molecular weight is 337 g/mol. The average Bonchev–Trinajstić information content (AvgIpc) is 3.00. The van der Waals surface area contributed by atoms with E-state index < -0.39 is 5.97 Å². The summed E-state index contributed by atoms with van der Waals surface area (Å²) in [6.45, 7) is 4.62. The van der Waals surface area contributed by atoms with Gasteiger partial charge in [0.2, 0.25) is 0 Å². The van der Waals surface area contributed by atoms with Gasteiger partial charge in [0.1, 0.15) is 11.4 Å². The molecular weight excluding hydrogens is 318 g/mol. The minimum Gasteiger partial charge on any atom is -0.478 e. The number of hydrogen-bond donors (Lipinski definition) is 1. The van der Waals surface area contributed by atoms with Crippen LogP contribution in [-0.4, -0.2) is 38.9 Å². The zero-order chi connectivity index (χ0) is 17.6. The molecule has 128 valence electrons. The molecule has 1 aliphatic heterocycles. The van der Waals surface area contributed by atoms with Crippen LogP contribution < -0.4 is 4.90 Å². The van der Waals surface area contributed by atoms with Gasteiger partial charge < -0.3 is 10.0 Å². The Morgan fingerprint density at radius 2 is 2.16 bits per heavy atom. The van der Waals surface area contributed by atoms with E-state index in [0.717, 1.165) is 42.0 Å². The highest BCUT2D eigenvalue weighted by atomic mass is 16.4. The number of hydrogen-bond acceptors (Lipinski definition) is 5. The lowest BCUT2D eigenvalue weighted by Gasteiger charge is -2.20. The smallest absolute Gasteiger partial charge is 0.339 e. The van der Waals surface area contributed by atoms with Crippen LogP contribution in [0.5, 0.6) is 0 Å². The monoisotopic (exact) mass is 337 g/mol. The highest BCUT2D eigenvalue weighted by molar-refractivity contribution is 5.88. The molecule has 1 N–H and O–H groups in total. The van der Waals surface area contributed by atoms with Crippen molar-refractivity contribution in [1.29, 1.82) is 5.26 Å². The maximum Gasteiger partial charge on any atom is 0.339 e. The van der Waals surface area contributed by atoms with E-state index in [2.05, 4.69) is 10.00 Å². The number of rotatable bonds is 5. The number of aromatic nitrogens is 3. The first kappa shape index (κ1) is 15.6. The van der Waals surface area contributed by atoms with Crippen molar-refractivity contribution >= 4 is 11.8 Å². The van der Waals surface area contributed by atoms with Crippen LogP contribution in [-0.2, 0) is 13.0 Å². The third-order valence-corrected chi connectivity index (χ3v) is 5.13. The van der Waals surface area contributed by atoms with Crippen molar-refractivity contribution in [2.24, 2.45) is 11.8 Å². The summed E-state index contributed by atoms with van der Waals surface area (Å²) in [5, 5.41) is 22.3. The first-order chi connectivity index (χ1) is 12.0. The topological polar surface area (TPSA) is 95.0 Å². The summed E-state index contributed by atoms with van der Waals surface area (Å²) in [6, 6.07) is 6.02. The second-order valence-corrected chi connectivity index (χ2v) is 6.90. The van der Waals surface area contributed by atoms with Gasteiger partial charge in [-0.05, 0) is 36.8 Å². The van der Waals surface area contributed by atoms with E-state index in [0.29, 0.717) is 12.2 Å². The Labute approximate surface area is 145 Å². The number of carboxylic acid groups (broad SMARTS) is 1. The standard InChI is InChI=1S/C18H19N5O2/c1-11-12(2-3-17(20-11)22-7-13-6-14(13)8-22)9-23-10-15(18(24)25)16(21-23)4-5-19/h2-3,10,13-14H,4,6-9H2,1H3,(H,24,25). The van der Waals surface area contributed by atoms with Crippen LogP contribution in [0.3, 0.4) is 0 Å². The molecule has 2 aromatic heterocycles. The zero-order valence-electron chi connectivity index (χ0n) is 14.0. The molecule has 2 atom stereocenters. The van der Waals surface area contributed by atoms with Gasteiger partial charge in [-0.15, -0.1) is 0 Å². The third-order valence-electron chi connectivity index (χ3n) is 5.13. The molecular formula is C18H19N5O2. The molecule has 7 heteroatoms. The molecule has 2 unspecified atom stereocenters. The number of piperidine rings is 1. The Bertz CT molecular complexity index is 872. The molecule has 0 aromatic carbocycles. The van der Waals surface area contributed by atoms with Crippen molar-refractivity contribution in [3.63, 3.8) is 0 Å². The van der Waals surface area contributed by atoms with Gasteiger partial charge >= 0.3 is 5.97 Å². The molecule has 0 bridgehead atoms.